The molecule has 0 saturated carbocycles. The molecular weight excluding hydrogens is 362 g/mol. The normalized spacial score (nSPS) is 13.9. The fourth-order valence-corrected chi connectivity index (χ4v) is 3.58. The van der Waals surface area contributed by atoms with Crippen molar-refractivity contribution in [3.63, 3.8) is 0 Å². The van der Waals surface area contributed by atoms with Crippen molar-refractivity contribution in [2.24, 2.45) is 0 Å². The van der Waals surface area contributed by atoms with Crippen molar-refractivity contribution in [3.8, 4) is 11.5 Å². The van der Waals surface area contributed by atoms with Crippen molar-refractivity contribution in [1.82, 2.24) is 9.88 Å². The number of carbonyl (C=O) groups is 1. The molecule has 0 spiro atoms. The van der Waals surface area contributed by atoms with Gasteiger partial charge in [-0.3, -0.25) is 4.79 Å². The number of benzene rings is 2. The van der Waals surface area contributed by atoms with Gasteiger partial charge in [0, 0.05) is 29.9 Å². The van der Waals surface area contributed by atoms with Crippen LogP contribution in [-0.4, -0.2) is 22.3 Å². The van der Waals surface area contributed by atoms with E-state index in [-0.39, 0.29) is 11.9 Å². The van der Waals surface area contributed by atoms with Crippen LogP contribution in [0.25, 0.3) is 0 Å². The molecule has 3 aromatic rings. The number of fused-ring (bicyclic) bond motifs is 1. The molecule has 0 radical (unpaired) electrons. The number of para-hydroxylation sites is 1. The number of hydrogen-bond acceptors (Lipinski definition) is 4. The molecule has 2 aromatic carbocycles. The largest absolute Gasteiger partial charge is 0.457 e. The SMILES string of the molecule is CCN1Cc2c(ccnc2NC(C)c2ccc(Oc3ccccc3C)cc2)C1=O. The first kappa shape index (κ1) is 19.0. The van der Waals surface area contributed by atoms with E-state index in [1.807, 2.05) is 55.1 Å². The monoisotopic (exact) mass is 387 g/mol. The summed E-state index contributed by atoms with van der Waals surface area (Å²) in [5.41, 5.74) is 3.95. The standard InChI is InChI=1S/C24H25N3O2/c1-4-27-15-21-20(24(27)28)13-14-25-23(21)26-17(3)18-9-11-19(12-10-18)29-22-8-6-5-7-16(22)2/h5-14,17H,4,15H2,1-3H3,(H,25,26). The van der Waals surface area contributed by atoms with Crippen LogP contribution in [0.5, 0.6) is 11.5 Å². The van der Waals surface area contributed by atoms with Gasteiger partial charge in [0.2, 0.25) is 0 Å². The van der Waals surface area contributed by atoms with Crippen LogP contribution in [0.3, 0.4) is 0 Å². The Morgan fingerprint density at radius 3 is 2.62 bits per heavy atom. The summed E-state index contributed by atoms with van der Waals surface area (Å²) in [5.74, 6) is 2.52. The highest BCUT2D eigenvalue weighted by molar-refractivity contribution is 5.99. The van der Waals surface area contributed by atoms with Crippen molar-refractivity contribution in [3.05, 3.63) is 83.0 Å². The molecule has 5 nitrogen and oxygen atoms in total. The van der Waals surface area contributed by atoms with Crippen LogP contribution in [0.2, 0.25) is 0 Å². The number of amides is 1. The highest BCUT2D eigenvalue weighted by atomic mass is 16.5. The maximum Gasteiger partial charge on any atom is 0.254 e. The number of aromatic nitrogens is 1. The second-order valence-electron chi connectivity index (χ2n) is 7.31. The van der Waals surface area contributed by atoms with Crippen LogP contribution < -0.4 is 10.1 Å². The van der Waals surface area contributed by atoms with E-state index < -0.39 is 0 Å². The molecule has 29 heavy (non-hydrogen) atoms. The van der Waals surface area contributed by atoms with Crippen molar-refractivity contribution in [1.29, 1.82) is 0 Å². The first-order chi connectivity index (χ1) is 14.1. The number of carbonyl (C=O) groups excluding carboxylic acids is 1. The Bertz CT molecular complexity index is 1030. The van der Waals surface area contributed by atoms with E-state index >= 15 is 0 Å². The third-order valence-electron chi connectivity index (χ3n) is 5.36. The van der Waals surface area contributed by atoms with Crippen LogP contribution >= 0.6 is 0 Å². The fourth-order valence-electron chi connectivity index (χ4n) is 3.58. The lowest BCUT2D eigenvalue weighted by Crippen LogP contribution is -2.22. The average Bonchev–Trinajstić information content (AvgIpc) is 3.07. The topological polar surface area (TPSA) is 54.5 Å². The minimum atomic E-state index is 0.0484. The highest BCUT2D eigenvalue weighted by Gasteiger charge is 2.29. The van der Waals surface area contributed by atoms with Gasteiger partial charge in [0.05, 0.1) is 6.54 Å². The van der Waals surface area contributed by atoms with Gasteiger partial charge in [-0.05, 0) is 56.2 Å². The zero-order valence-corrected chi connectivity index (χ0v) is 17.0. The third kappa shape index (κ3) is 3.81. The Morgan fingerprint density at radius 1 is 1.14 bits per heavy atom. The molecule has 4 rings (SSSR count). The summed E-state index contributed by atoms with van der Waals surface area (Å²) in [6, 6.07) is 17.9. The Hall–Kier alpha value is -3.34. The molecule has 148 valence electrons. The van der Waals surface area contributed by atoms with Crippen molar-refractivity contribution < 1.29 is 9.53 Å². The Kier molecular flexibility index (Phi) is 5.21. The summed E-state index contributed by atoms with van der Waals surface area (Å²) in [6.45, 7) is 7.42. The van der Waals surface area contributed by atoms with Gasteiger partial charge in [-0.2, -0.15) is 0 Å². The number of rotatable bonds is 6. The molecule has 1 unspecified atom stereocenters. The first-order valence-electron chi connectivity index (χ1n) is 9.94. The van der Waals surface area contributed by atoms with Gasteiger partial charge in [0.25, 0.3) is 5.91 Å². The summed E-state index contributed by atoms with van der Waals surface area (Å²) in [4.78, 5) is 18.7. The van der Waals surface area contributed by atoms with Crippen LogP contribution in [0.4, 0.5) is 5.82 Å². The molecule has 1 aliphatic heterocycles. The van der Waals surface area contributed by atoms with Gasteiger partial charge in [-0.15, -0.1) is 0 Å². The van der Waals surface area contributed by atoms with Gasteiger partial charge in [-0.1, -0.05) is 30.3 Å². The van der Waals surface area contributed by atoms with E-state index in [1.54, 1.807) is 12.3 Å². The van der Waals surface area contributed by atoms with E-state index in [9.17, 15) is 4.79 Å². The van der Waals surface area contributed by atoms with E-state index in [2.05, 4.69) is 29.4 Å². The molecule has 1 amide bonds. The first-order valence-corrected chi connectivity index (χ1v) is 9.94. The average molecular weight is 387 g/mol. The molecule has 1 N–H and O–H groups in total. The van der Waals surface area contributed by atoms with E-state index in [4.69, 9.17) is 4.74 Å². The molecule has 0 aliphatic carbocycles. The molecule has 1 atom stereocenters. The number of ether oxygens (including phenoxy) is 1. The molecule has 2 heterocycles. The lowest BCUT2D eigenvalue weighted by atomic mass is 10.1. The molecule has 0 bridgehead atoms. The summed E-state index contributed by atoms with van der Waals surface area (Å²) in [6.07, 6.45) is 1.70. The Labute approximate surface area is 171 Å². The van der Waals surface area contributed by atoms with Crippen molar-refractivity contribution in [2.75, 3.05) is 11.9 Å². The summed E-state index contributed by atoms with van der Waals surface area (Å²) in [5, 5.41) is 3.47. The van der Waals surface area contributed by atoms with Gasteiger partial charge < -0.3 is 15.0 Å². The van der Waals surface area contributed by atoms with Crippen LogP contribution in [-0.2, 0) is 6.54 Å². The van der Waals surface area contributed by atoms with Crippen LogP contribution in [0.15, 0.2) is 60.8 Å². The molecule has 1 aromatic heterocycles. The predicted molar refractivity (Wildman–Crippen MR) is 114 cm³/mol. The number of anilines is 1. The highest BCUT2D eigenvalue weighted by Crippen LogP contribution is 2.31. The zero-order chi connectivity index (χ0) is 20.4. The minimum absolute atomic E-state index is 0.0484. The number of aryl methyl sites for hydroxylation is 1. The van der Waals surface area contributed by atoms with Gasteiger partial charge in [-0.25, -0.2) is 4.98 Å². The zero-order valence-electron chi connectivity index (χ0n) is 17.0. The summed E-state index contributed by atoms with van der Waals surface area (Å²) >= 11 is 0. The lowest BCUT2D eigenvalue weighted by molar-refractivity contribution is 0.0787. The van der Waals surface area contributed by atoms with E-state index in [0.29, 0.717) is 13.1 Å². The maximum absolute atomic E-state index is 12.4. The molecule has 1 aliphatic rings. The lowest BCUT2D eigenvalue weighted by Gasteiger charge is -2.18. The fraction of sp³-hybridized carbons (Fsp3) is 0.250. The second-order valence-corrected chi connectivity index (χ2v) is 7.31. The smallest absolute Gasteiger partial charge is 0.254 e. The van der Waals surface area contributed by atoms with E-state index in [0.717, 1.165) is 39.6 Å². The third-order valence-corrected chi connectivity index (χ3v) is 5.36. The summed E-state index contributed by atoms with van der Waals surface area (Å²) in [7, 11) is 0. The maximum atomic E-state index is 12.4. The van der Waals surface area contributed by atoms with Crippen LogP contribution in [0, 0.1) is 6.92 Å². The number of hydrogen-bond donors (Lipinski definition) is 1. The molecule has 0 fully saturated rings. The Balaban J connectivity index is 1.48. The minimum Gasteiger partial charge on any atom is -0.457 e. The molecule has 0 saturated heterocycles. The quantitative estimate of drug-likeness (QED) is 0.621. The number of nitrogens with zero attached hydrogens (tertiary/aromatic N) is 2. The van der Waals surface area contributed by atoms with Gasteiger partial charge in [0.1, 0.15) is 17.3 Å². The Morgan fingerprint density at radius 2 is 1.90 bits per heavy atom. The summed E-state index contributed by atoms with van der Waals surface area (Å²) < 4.78 is 5.98. The van der Waals surface area contributed by atoms with Gasteiger partial charge in [0.15, 0.2) is 0 Å². The predicted octanol–water partition coefficient (Wildman–Crippen LogP) is 5.33. The molecule has 5 heteroatoms. The number of pyridine rings is 1. The van der Waals surface area contributed by atoms with Crippen molar-refractivity contribution >= 4 is 11.7 Å². The number of nitrogens with one attached hydrogen (secondary N) is 1. The van der Waals surface area contributed by atoms with Crippen molar-refractivity contribution in [2.45, 2.75) is 33.4 Å². The van der Waals surface area contributed by atoms with Gasteiger partial charge >= 0.3 is 0 Å². The molecular formula is C24H25N3O2. The van der Waals surface area contributed by atoms with E-state index in [1.165, 1.54) is 0 Å². The van der Waals surface area contributed by atoms with Crippen LogP contribution in [0.1, 0.15) is 46.9 Å². The second kappa shape index (κ2) is 7.95.